The largest absolute Gasteiger partial charge is 0.507 e. The lowest BCUT2D eigenvalue weighted by Gasteiger charge is -2.13. The second kappa shape index (κ2) is 4.84. The number of aromatic hydroxyl groups is 1. The number of rotatable bonds is 3. The van der Waals surface area contributed by atoms with Gasteiger partial charge in [-0.25, -0.2) is 4.39 Å². The summed E-state index contributed by atoms with van der Waals surface area (Å²) in [5, 5.41) is 9.79. The molecule has 1 unspecified atom stereocenters. The van der Waals surface area contributed by atoms with Gasteiger partial charge in [0, 0.05) is 5.56 Å². The van der Waals surface area contributed by atoms with Gasteiger partial charge in [0.05, 0.1) is 11.1 Å². The second-order valence-corrected chi connectivity index (χ2v) is 5.01. The van der Waals surface area contributed by atoms with Crippen LogP contribution in [0, 0.1) is 0 Å². The molecule has 1 aliphatic carbocycles. The van der Waals surface area contributed by atoms with Crippen LogP contribution < -0.4 is 0 Å². The van der Waals surface area contributed by atoms with Crippen LogP contribution in [0.1, 0.15) is 63.7 Å². The van der Waals surface area contributed by atoms with E-state index in [1.165, 1.54) is 24.3 Å². The normalized spacial score (nSPS) is 14.8. The van der Waals surface area contributed by atoms with Crippen molar-refractivity contribution in [2.24, 2.45) is 0 Å². The van der Waals surface area contributed by atoms with Crippen LogP contribution in [0.2, 0.25) is 0 Å². The quantitative estimate of drug-likeness (QED) is 0.800. The lowest BCUT2D eigenvalue weighted by molar-refractivity contribution is 0.0955. The maximum absolute atomic E-state index is 13.9. The van der Waals surface area contributed by atoms with Crippen molar-refractivity contribution in [1.82, 2.24) is 0 Å². The van der Waals surface area contributed by atoms with E-state index in [9.17, 15) is 19.1 Å². The summed E-state index contributed by atoms with van der Waals surface area (Å²) in [6, 6.07) is 5.53. The molecule has 0 fully saturated rings. The Bertz CT molecular complexity index is 745. The molecule has 0 saturated carbocycles. The number of halogens is 1. The van der Waals surface area contributed by atoms with E-state index in [2.05, 4.69) is 0 Å². The first-order chi connectivity index (χ1) is 10.0. The molecule has 5 heteroatoms. The third-order valence-electron chi connectivity index (χ3n) is 3.57. The summed E-state index contributed by atoms with van der Waals surface area (Å²) in [5.41, 5.74) is 0.0512. The number of benzene rings is 1. The molecule has 1 atom stereocenters. The number of ketones is 2. The topological polar surface area (TPSA) is 67.5 Å². The van der Waals surface area contributed by atoms with E-state index < -0.39 is 17.7 Å². The van der Waals surface area contributed by atoms with Gasteiger partial charge < -0.3 is 9.52 Å². The van der Waals surface area contributed by atoms with Crippen molar-refractivity contribution in [3.05, 3.63) is 52.5 Å². The van der Waals surface area contributed by atoms with E-state index >= 15 is 0 Å². The van der Waals surface area contributed by atoms with Gasteiger partial charge in [-0.1, -0.05) is 19.4 Å². The summed E-state index contributed by atoms with van der Waals surface area (Å²) < 4.78 is 19.2. The summed E-state index contributed by atoms with van der Waals surface area (Å²) in [6.07, 6.45) is -0.472. The minimum absolute atomic E-state index is 0.0164. The predicted octanol–water partition coefficient (Wildman–Crippen LogP) is 3.57. The number of carbonyl (C=O) groups excluding carboxylic acids is 2. The summed E-state index contributed by atoms with van der Waals surface area (Å²) in [4.78, 5) is 24.7. The first kappa shape index (κ1) is 13.5. The molecule has 0 saturated heterocycles. The number of hydrogen-bond acceptors (Lipinski definition) is 4. The third-order valence-corrected chi connectivity index (χ3v) is 3.57. The molecule has 1 heterocycles. The van der Waals surface area contributed by atoms with E-state index in [4.69, 9.17) is 4.42 Å². The number of carbonyl (C=O) groups is 2. The van der Waals surface area contributed by atoms with Gasteiger partial charge in [0.25, 0.3) is 0 Å². The van der Waals surface area contributed by atoms with Gasteiger partial charge in [-0.2, -0.15) is 0 Å². The van der Waals surface area contributed by atoms with Crippen molar-refractivity contribution in [1.29, 1.82) is 0 Å². The Labute approximate surface area is 120 Å². The number of furan rings is 1. The Morgan fingerprint density at radius 2 is 2.00 bits per heavy atom. The zero-order valence-corrected chi connectivity index (χ0v) is 11.4. The van der Waals surface area contributed by atoms with E-state index in [0.29, 0.717) is 6.42 Å². The lowest BCUT2D eigenvalue weighted by Crippen LogP contribution is -2.19. The molecule has 2 aromatic rings. The Hall–Kier alpha value is -2.43. The van der Waals surface area contributed by atoms with Gasteiger partial charge in [0.1, 0.15) is 11.5 Å². The maximum atomic E-state index is 13.9. The van der Waals surface area contributed by atoms with Crippen LogP contribution in [-0.4, -0.2) is 16.7 Å². The average molecular weight is 288 g/mol. The molecule has 1 aromatic heterocycles. The summed E-state index contributed by atoms with van der Waals surface area (Å²) in [6.45, 7) is 1.83. The fourth-order valence-electron chi connectivity index (χ4n) is 2.52. The Morgan fingerprint density at radius 3 is 2.71 bits per heavy atom. The van der Waals surface area contributed by atoms with E-state index in [1.54, 1.807) is 0 Å². The SMILES string of the molecule is CCCC(F)c1cc2c(o1)C(=O)c1cccc(O)c1C2=O. The predicted molar refractivity (Wildman–Crippen MR) is 72.4 cm³/mol. The molecule has 1 N–H and O–H groups in total. The monoisotopic (exact) mass is 288 g/mol. The molecule has 1 aliphatic rings. The number of hydrogen-bond donors (Lipinski definition) is 1. The molecular formula is C16H13FO4. The highest BCUT2D eigenvalue weighted by molar-refractivity contribution is 6.28. The van der Waals surface area contributed by atoms with Crippen LogP contribution in [0.4, 0.5) is 4.39 Å². The molecule has 0 radical (unpaired) electrons. The second-order valence-electron chi connectivity index (χ2n) is 5.01. The molecule has 108 valence electrons. The molecule has 4 nitrogen and oxygen atoms in total. The highest BCUT2D eigenvalue weighted by atomic mass is 19.1. The maximum Gasteiger partial charge on any atom is 0.229 e. The Kier molecular flexibility index (Phi) is 3.12. The summed E-state index contributed by atoms with van der Waals surface area (Å²) in [5.74, 6) is -1.45. The van der Waals surface area contributed by atoms with Crippen molar-refractivity contribution >= 4 is 11.6 Å². The number of alkyl halides is 1. The van der Waals surface area contributed by atoms with Gasteiger partial charge >= 0.3 is 0 Å². The average Bonchev–Trinajstić information content (AvgIpc) is 2.90. The van der Waals surface area contributed by atoms with Crippen LogP contribution >= 0.6 is 0 Å². The van der Waals surface area contributed by atoms with Crippen LogP contribution in [0.5, 0.6) is 5.75 Å². The van der Waals surface area contributed by atoms with Crippen LogP contribution in [0.25, 0.3) is 0 Å². The van der Waals surface area contributed by atoms with E-state index in [-0.39, 0.29) is 40.4 Å². The van der Waals surface area contributed by atoms with Crippen LogP contribution in [-0.2, 0) is 0 Å². The number of phenolic OH excluding ortho intramolecular Hbond substituents is 1. The van der Waals surface area contributed by atoms with Crippen molar-refractivity contribution in [2.75, 3.05) is 0 Å². The van der Waals surface area contributed by atoms with Gasteiger partial charge in [0.2, 0.25) is 11.6 Å². The highest BCUT2D eigenvalue weighted by Gasteiger charge is 2.36. The molecule has 0 spiro atoms. The molecule has 0 amide bonds. The molecular weight excluding hydrogens is 275 g/mol. The summed E-state index contributed by atoms with van der Waals surface area (Å²) in [7, 11) is 0. The first-order valence-corrected chi connectivity index (χ1v) is 6.73. The van der Waals surface area contributed by atoms with Crippen molar-refractivity contribution in [3.63, 3.8) is 0 Å². The lowest BCUT2D eigenvalue weighted by atomic mass is 9.88. The molecule has 0 aliphatic heterocycles. The first-order valence-electron chi connectivity index (χ1n) is 6.73. The van der Waals surface area contributed by atoms with Gasteiger partial charge in [-0.3, -0.25) is 9.59 Å². The molecule has 1 aromatic carbocycles. The fourth-order valence-corrected chi connectivity index (χ4v) is 2.52. The molecule has 21 heavy (non-hydrogen) atoms. The van der Waals surface area contributed by atoms with Gasteiger partial charge in [-0.15, -0.1) is 0 Å². The van der Waals surface area contributed by atoms with Gasteiger partial charge in [-0.05, 0) is 24.6 Å². The third kappa shape index (κ3) is 1.96. The minimum atomic E-state index is -1.35. The Morgan fingerprint density at radius 1 is 1.24 bits per heavy atom. The van der Waals surface area contributed by atoms with E-state index in [1.807, 2.05) is 6.92 Å². The minimum Gasteiger partial charge on any atom is -0.507 e. The zero-order valence-electron chi connectivity index (χ0n) is 11.4. The van der Waals surface area contributed by atoms with Gasteiger partial charge in [0.15, 0.2) is 11.9 Å². The van der Waals surface area contributed by atoms with Crippen molar-refractivity contribution in [3.8, 4) is 5.75 Å². The zero-order chi connectivity index (χ0) is 15.1. The number of fused-ring (bicyclic) bond motifs is 2. The summed E-state index contributed by atoms with van der Waals surface area (Å²) >= 11 is 0. The smallest absolute Gasteiger partial charge is 0.229 e. The van der Waals surface area contributed by atoms with Crippen LogP contribution in [0.15, 0.2) is 28.7 Å². The number of phenols is 1. The fraction of sp³-hybridized carbons (Fsp3) is 0.250. The van der Waals surface area contributed by atoms with E-state index in [0.717, 1.165) is 0 Å². The van der Waals surface area contributed by atoms with Crippen molar-refractivity contribution < 1.29 is 23.5 Å². The van der Waals surface area contributed by atoms with Crippen LogP contribution in [0.3, 0.4) is 0 Å². The molecule has 3 rings (SSSR count). The standard InChI is InChI=1S/C16H13FO4/c1-2-4-10(17)12-7-9-14(19)13-8(5-3-6-11(13)18)15(20)16(9)21-12/h3,5-7,10,18H,2,4H2,1H3. The van der Waals surface area contributed by atoms with Crippen molar-refractivity contribution in [2.45, 2.75) is 25.9 Å². The molecule has 0 bridgehead atoms. The Balaban J connectivity index is 2.13. The highest BCUT2D eigenvalue weighted by Crippen LogP contribution is 2.36.